The Labute approximate surface area is 96.5 Å². The zero-order chi connectivity index (χ0) is 11.4. The molecule has 0 amide bonds. The zero-order valence-electron chi connectivity index (χ0n) is 9.66. The smallest absolute Gasteiger partial charge is 0.163 e. The molecule has 0 aliphatic heterocycles. The minimum absolute atomic E-state index is 0.391. The number of hydrogen-bond donors (Lipinski definition) is 1. The van der Waals surface area contributed by atoms with Gasteiger partial charge in [0.2, 0.25) is 0 Å². The molecule has 2 rings (SSSR count). The molecule has 1 fully saturated rings. The summed E-state index contributed by atoms with van der Waals surface area (Å²) in [7, 11) is 0. The number of rotatable bonds is 3. The minimum Gasteiger partial charge on any atom is -0.382 e. The second kappa shape index (κ2) is 4.52. The van der Waals surface area contributed by atoms with Gasteiger partial charge in [-0.3, -0.25) is 0 Å². The number of pyridine rings is 1. The molecule has 84 valence electrons. The number of nitrogens with one attached hydrogen (secondary N) is 1. The molecule has 1 aromatic rings. The van der Waals surface area contributed by atoms with Crippen molar-refractivity contribution in [3.8, 4) is 6.07 Å². The lowest BCUT2D eigenvalue weighted by molar-refractivity contribution is 0.362. The van der Waals surface area contributed by atoms with Gasteiger partial charge in [0.25, 0.3) is 0 Å². The maximum Gasteiger partial charge on any atom is 0.163 e. The standard InChI is InChI=1S/C13H17N3/c1-13(6-2-3-7-13)10-16-11-5-4-8-15-12(11)9-14/h4-5,8,16H,2-3,6-7,10H2,1H3. The van der Waals surface area contributed by atoms with Crippen molar-refractivity contribution in [3.63, 3.8) is 0 Å². The van der Waals surface area contributed by atoms with Crippen molar-refractivity contribution in [2.45, 2.75) is 32.6 Å². The lowest BCUT2D eigenvalue weighted by atomic mass is 9.89. The maximum absolute atomic E-state index is 8.92. The first-order valence-corrected chi connectivity index (χ1v) is 5.82. The van der Waals surface area contributed by atoms with Gasteiger partial charge >= 0.3 is 0 Å². The highest BCUT2D eigenvalue weighted by Crippen LogP contribution is 2.37. The van der Waals surface area contributed by atoms with E-state index in [1.165, 1.54) is 25.7 Å². The van der Waals surface area contributed by atoms with Crippen LogP contribution in [0.2, 0.25) is 0 Å². The molecule has 0 unspecified atom stereocenters. The SMILES string of the molecule is CC1(CNc2cccnc2C#N)CCCC1. The van der Waals surface area contributed by atoms with Crippen molar-refractivity contribution in [3.05, 3.63) is 24.0 Å². The highest BCUT2D eigenvalue weighted by Gasteiger charge is 2.28. The van der Waals surface area contributed by atoms with Crippen LogP contribution >= 0.6 is 0 Å². The quantitative estimate of drug-likeness (QED) is 0.843. The molecule has 1 aromatic heterocycles. The molecule has 0 radical (unpaired) electrons. The van der Waals surface area contributed by atoms with E-state index < -0.39 is 0 Å². The van der Waals surface area contributed by atoms with E-state index in [0.717, 1.165) is 12.2 Å². The van der Waals surface area contributed by atoms with Crippen LogP contribution in [0.3, 0.4) is 0 Å². The molecular weight excluding hydrogens is 198 g/mol. The summed E-state index contributed by atoms with van der Waals surface area (Å²) in [5.74, 6) is 0. The van der Waals surface area contributed by atoms with Crippen LogP contribution in [-0.2, 0) is 0 Å². The predicted octanol–water partition coefficient (Wildman–Crippen LogP) is 2.95. The Morgan fingerprint density at radius 1 is 1.50 bits per heavy atom. The molecule has 0 aromatic carbocycles. The maximum atomic E-state index is 8.92. The Balaban J connectivity index is 2.02. The highest BCUT2D eigenvalue weighted by molar-refractivity contribution is 5.53. The Kier molecular flexibility index (Phi) is 3.09. The molecule has 3 nitrogen and oxygen atoms in total. The van der Waals surface area contributed by atoms with Crippen molar-refractivity contribution in [1.29, 1.82) is 5.26 Å². The second-order valence-electron chi connectivity index (χ2n) is 4.88. The summed E-state index contributed by atoms with van der Waals surface area (Å²) in [6, 6.07) is 5.89. The van der Waals surface area contributed by atoms with Crippen molar-refractivity contribution in [2.24, 2.45) is 5.41 Å². The van der Waals surface area contributed by atoms with Crippen LogP contribution in [0.5, 0.6) is 0 Å². The Morgan fingerprint density at radius 2 is 2.25 bits per heavy atom. The summed E-state index contributed by atoms with van der Waals surface area (Å²) >= 11 is 0. The number of nitrogens with zero attached hydrogens (tertiary/aromatic N) is 2. The first-order valence-electron chi connectivity index (χ1n) is 5.82. The lowest BCUT2D eigenvalue weighted by Crippen LogP contribution is -2.23. The van der Waals surface area contributed by atoms with Crippen LogP contribution in [0.25, 0.3) is 0 Å². The predicted molar refractivity (Wildman–Crippen MR) is 64.0 cm³/mol. The van der Waals surface area contributed by atoms with E-state index in [0.29, 0.717) is 11.1 Å². The monoisotopic (exact) mass is 215 g/mol. The topological polar surface area (TPSA) is 48.7 Å². The first-order chi connectivity index (χ1) is 7.73. The summed E-state index contributed by atoms with van der Waals surface area (Å²) < 4.78 is 0. The van der Waals surface area contributed by atoms with Gasteiger partial charge in [0.1, 0.15) is 6.07 Å². The van der Waals surface area contributed by atoms with Gasteiger partial charge in [-0.1, -0.05) is 19.8 Å². The fraction of sp³-hybridized carbons (Fsp3) is 0.538. The molecule has 1 saturated carbocycles. The molecule has 0 saturated heterocycles. The van der Waals surface area contributed by atoms with Gasteiger partial charge in [-0.25, -0.2) is 4.98 Å². The van der Waals surface area contributed by atoms with Gasteiger partial charge in [-0.05, 0) is 30.4 Å². The molecule has 1 aliphatic rings. The number of anilines is 1. The fourth-order valence-electron chi connectivity index (χ4n) is 2.35. The van der Waals surface area contributed by atoms with Gasteiger partial charge in [-0.15, -0.1) is 0 Å². The summed E-state index contributed by atoms with van der Waals surface area (Å²) in [5, 5.41) is 12.3. The lowest BCUT2D eigenvalue weighted by Gasteiger charge is -2.24. The second-order valence-corrected chi connectivity index (χ2v) is 4.88. The number of aromatic nitrogens is 1. The van der Waals surface area contributed by atoms with E-state index in [4.69, 9.17) is 5.26 Å². The van der Waals surface area contributed by atoms with Crippen LogP contribution in [0.4, 0.5) is 5.69 Å². The number of nitriles is 1. The molecule has 0 bridgehead atoms. The van der Waals surface area contributed by atoms with Gasteiger partial charge in [0.15, 0.2) is 5.69 Å². The van der Waals surface area contributed by atoms with E-state index >= 15 is 0 Å². The molecule has 1 N–H and O–H groups in total. The van der Waals surface area contributed by atoms with Crippen molar-refractivity contribution >= 4 is 5.69 Å². The molecule has 1 aliphatic carbocycles. The average molecular weight is 215 g/mol. The summed E-state index contributed by atoms with van der Waals surface area (Å²) in [6.07, 6.45) is 6.87. The highest BCUT2D eigenvalue weighted by atomic mass is 14.9. The van der Waals surface area contributed by atoms with Gasteiger partial charge in [0.05, 0.1) is 5.69 Å². The zero-order valence-corrected chi connectivity index (χ0v) is 9.66. The first kappa shape index (κ1) is 10.9. The third-order valence-corrected chi connectivity index (χ3v) is 3.43. The van der Waals surface area contributed by atoms with Crippen LogP contribution < -0.4 is 5.32 Å². The Bertz CT molecular complexity index is 400. The van der Waals surface area contributed by atoms with Crippen molar-refractivity contribution < 1.29 is 0 Å². The number of hydrogen-bond acceptors (Lipinski definition) is 3. The van der Waals surface area contributed by atoms with Gasteiger partial charge in [0, 0.05) is 12.7 Å². The Hall–Kier alpha value is -1.56. The van der Waals surface area contributed by atoms with E-state index in [-0.39, 0.29) is 0 Å². The molecular formula is C13H17N3. The molecule has 3 heteroatoms. The van der Waals surface area contributed by atoms with Crippen LogP contribution in [0.15, 0.2) is 18.3 Å². The molecule has 0 spiro atoms. The molecule has 0 atom stereocenters. The van der Waals surface area contributed by atoms with Gasteiger partial charge < -0.3 is 5.32 Å². The summed E-state index contributed by atoms with van der Waals surface area (Å²) in [6.45, 7) is 3.25. The minimum atomic E-state index is 0.391. The third kappa shape index (κ3) is 2.33. The average Bonchev–Trinajstić information content (AvgIpc) is 2.74. The van der Waals surface area contributed by atoms with Crippen LogP contribution in [-0.4, -0.2) is 11.5 Å². The molecule has 16 heavy (non-hydrogen) atoms. The normalized spacial score (nSPS) is 18.0. The van der Waals surface area contributed by atoms with Crippen LogP contribution in [0.1, 0.15) is 38.3 Å². The molecule has 1 heterocycles. The van der Waals surface area contributed by atoms with E-state index in [2.05, 4.69) is 23.3 Å². The third-order valence-electron chi connectivity index (χ3n) is 3.43. The Morgan fingerprint density at radius 3 is 2.94 bits per heavy atom. The van der Waals surface area contributed by atoms with Crippen molar-refractivity contribution in [2.75, 3.05) is 11.9 Å². The summed E-state index contributed by atoms with van der Waals surface area (Å²) in [5.41, 5.74) is 1.74. The van der Waals surface area contributed by atoms with E-state index in [1.807, 2.05) is 12.1 Å². The van der Waals surface area contributed by atoms with Gasteiger partial charge in [-0.2, -0.15) is 5.26 Å². The van der Waals surface area contributed by atoms with E-state index in [9.17, 15) is 0 Å². The fourth-order valence-corrected chi connectivity index (χ4v) is 2.35. The van der Waals surface area contributed by atoms with E-state index in [1.54, 1.807) is 6.20 Å². The van der Waals surface area contributed by atoms with Crippen LogP contribution in [0, 0.1) is 16.7 Å². The summed E-state index contributed by atoms with van der Waals surface area (Å²) in [4.78, 5) is 4.04. The largest absolute Gasteiger partial charge is 0.382 e. The van der Waals surface area contributed by atoms with Crippen molar-refractivity contribution in [1.82, 2.24) is 4.98 Å².